The fourth-order valence-corrected chi connectivity index (χ4v) is 4.71. The Hall–Kier alpha value is -2.93. The van der Waals surface area contributed by atoms with Gasteiger partial charge in [0.1, 0.15) is 17.3 Å². The maximum atomic E-state index is 12.6. The molecule has 1 aliphatic rings. The summed E-state index contributed by atoms with van der Waals surface area (Å²) in [6.45, 7) is 9.34. The molecular formula is C22H25N3O3S. The highest BCUT2D eigenvalue weighted by Gasteiger charge is 2.32. The maximum Gasteiger partial charge on any atom is 0.264 e. The Balaban J connectivity index is 1.84. The molecule has 29 heavy (non-hydrogen) atoms. The molecule has 0 spiro atoms. The number of anilines is 1. The molecule has 0 aliphatic carbocycles. The van der Waals surface area contributed by atoms with Gasteiger partial charge in [0.25, 0.3) is 10.0 Å². The van der Waals surface area contributed by atoms with Crippen LogP contribution in [-0.2, 0) is 14.8 Å². The molecule has 0 aromatic heterocycles. The van der Waals surface area contributed by atoms with E-state index in [-0.39, 0.29) is 23.2 Å². The molecule has 7 heteroatoms. The van der Waals surface area contributed by atoms with E-state index in [1.807, 2.05) is 58.0 Å². The fraction of sp³-hybridized carbons (Fsp3) is 0.273. The minimum Gasteiger partial charge on any atom is -0.324 e. The molecule has 2 aromatic carbocycles. The van der Waals surface area contributed by atoms with E-state index in [1.165, 1.54) is 0 Å². The van der Waals surface area contributed by atoms with Crippen molar-refractivity contribution in [3.8, 4) is 0 Å². The number of carbonyl (C=O) groups is 1. The summed E-state index contributed by atoms with van der Waals surface area (Å²) in [5.41, 5.74) is 6.02. The van der Waals surface area contributed by atoms with Gasteiger partial charge in [-0.3, -0.25) is 14.5 Å². The van der Waals surface area contributed by atoms with Crippen LogP contribution in [-0.4, -0.2) is 26.7 Å². The number of benzene rings is 2. The SMILES string of the molecule is CC1=C(c2ccc(C)c(C)c2)S(=O)(=O)NC1=NCC(=O)Nc1cccc(C)c1C. The van der Waals surface area contributed by atoms with E-state index < -0.39 is 10.0 Å². The topological polar surface area (TPSA) is 87.6 Å². The summed E-state index contributed by atoms with van der Waals surface area (Å²) in [6, 6.07) is 11.2. The lowest BCUT2D eigenvalue weighted by Gasteiger charge is -2.09. The van der Waals surface area contributed by atoms with Gasteiger partial charge in [-0.25, -0.2) is 8.42 Å². The summed E-state index contributed by atoms with van der Waals surface area (Å²) in [5, 5.41) is 2.83. The molecule has 1 amide bonds. The number of nitrogens with one attached hydrogen (secondary N) is 2. The summed E-state index contributed by atoms with van der Waals surface area (Å²) in [5.74, 6) is -0.104. The van der Waals surface area contributed by atoms with E-state index >= 15 is 0 Å². The van der Waals surface area contributed by atoms with Crippen LogP contribution in [0.3, 0.4) is 0 Å². The van der Waals surface area contributed by atoms with E-state index in [9.17, 15) is 13.2 Å². The van der Waals surface area contributed by atoms with Crippen LogP contribution in [0.5, 0.6) is 0 Å². The molecule has 6 nitrogen and oxygen atoms in total. The molecular weight excluding hydrogens is 386 g/mol. The smallest absolute Gasteiger partial charge is 0.264 e. The molecule has 3 rings (SSSR count). The summed E-state index contributed by atoms with van der Waals surface area (Å²) in [6.07, 6.45) is 0. The first-order chi connectivity index (χ1) is 13.6. The maximum absolute atomic E-state index is 12.6. The van der Waals surface area contributed by atoms with Gasteiger partial charge in [0.2, 0.25) is 5.91 Å². The lowest BCUT2D eigenvalue weighted by molar-refractivity contribution is -0.114. The third kappa shape index (κ3) is 4.24. The Morgan fingerprint density at radius 3 is 2.41 bits per heavy atom. The Labute approximate surface area is 171 Å². The molecule has 0 unspecified atom stereocenters. The van der Waals surface area contributed by atoms with Crippen molar-refractivity contribution in [2.45, 2.75) is 34.6 Å². The summed E-state index contributed by atoms with van der Waals surface area (Å²) < 4.78 is 27.8. The fourth-order valence-electron chi connectivity index (χ4n) is 3.20. The van der Waals surface area contributed by atoms with Crippen LogP contribution in [0.4, 0.5) is 5.69 Å². The first-order valence-electron chi connectivity index (χ1n) is 9.32. The van der Waals surface area contributed by atoms with E-state index in [0.29, 0.717) is 11.1 Å². The van der Waals surface area contributed by atoms with Gasteiger partial charge < -0.3 is 5.32 Å². The highest BCUT2D eigenvalue weighted by Crippen LogP contribution is 2.30. The molecule has 1 aliphatic heterocycles. The van der Waals surface area contributed by atoms with Crippen molar-refractivity contribution in [1.82, 2.24) is 4.72 Å². The van der Waals surface area contributed by atoms with Crippen LogP contribution in [0.15, 0.2) is 47.0 Å². The lowest BCUT2D eigenvalue weighted by atomic mass is 10.0. The quantitative estimate of drug-likeness (QED) is 0.805. The minimum atomic E-state index is -3.72. The van der Waals surface area contributed by atoms with E-state index in [0.717, 1.165) is 27.9 Å². The molecule has 0 bridgehead atoms. The number of rotatable bonds is 4. The molecule has 2 aromatic rings. The number of aliphatic imine (C=N–C) groups is 1. The number of carbonyl (C=O) groups excluding carboxylic acids is 1. The first-order valence-corrected chi connectivity index (χ1v) is 10.8. The molecule has 0 atom stereocenters. The van der Waals surface area contributed by atoms with Crippen molar-refractivity contribution in [2.24, 2.45) is 4.99 Å². The van der Waals surface area contributed by atoms with Gasteiger partial charge in [-0.1, -0.05) is 30.3 Å². The van der Waals surface area contributed by atoms with Crippen molar-refractivity contribution in [2.75, 3.05) is 11.9 Å². The number of hydrogen-bond acceptors (Lipinski definition) is 4. The van der Waals surface area contributed by atoms with Crippen LogP contribution in [0.25, 0.3) is 4.91 Å². The van der Waals surface area contributed by atoms with Crippen molar-refractivity contribution in [3.05, 3.63) is 69.8 Å². The third-order valence-electron chi connectivity index (χ3n) is 5.22. The molecule has 2 N–H and O–H groups in total. The molecule has 0 saturated carbocycles. The van der Waals surface area contributed by atoms with Crippen LogP contribution >= 0.6 is 0 Å². The normalized spacial score (nSPS) is 16.8. The van der Waals surface area contributed by atoms with E-state index in [4.69, 9.17) is 0 Å². The predicted octanol–water partition coefficient (Wildman–Crippen LogP) is 3.62. The summed E-state index contributed by atoms with van der Waals surface area (Å²) in [7, 11) is -3.72. The van der Waals surface area contributed by atoms with Crippen LogP contribution in [0.2, 0.25) is 0 Å². The van der Waals surface area contributed by atoms with E-state index in [1.54, 1.807) is 13.0 Å². The van der Waals surface area contributed by atoms with Crippen molar-refractivity contribution in [1.29, 1.82) is 0 Å². The number of amides is 1. The minimum absolute atomic E-state index is 0.178. The number of aryl methyl sites for hydroxylation is 3. The van der Waals surface area contributed by atoms with Crippen molar-refractivity contribution >= 4 is 32.4 Å². The second-order valence-electron chi connectivity index (χ2n) is 7.32. The average molecular weight is 412 g/mol. The van der Waals surface area contributed by atoms with Gasteiger partial charge in [0, 0.05) is 11.3 Å². The lowest BCUT2D eigenvalue weighted by Crippen LogP contribution is -2.25. The molecule has 0 radical (unpaired) electrons. The van der Waals surface area contributed by atoms with Gasteiger partial charge in [-0.05, 0) is 68.5 Å². The highest BCUT2D eigenvalue weighted by molar-refractivity contribution is 8.00. The zero-order valence-corrected chi connectivity index (χ0v) is 18.1. The standard InChI is InChI=1S/C22H25N3O3S/c1-13-9-10-18(11-15(13)3)21-17(5)22(25-29(21,27)28)23-12-20(26)24-19-8-6-7-14(2)16(19)4/h6-11H,12H2,1-5H3,(H,23,25)(H,24,26). The second-order valence-corrected chi connectivity index (χ2v) is 8.94. The Morgan fingerprint density at radius 1 is 1.00 bits per heavy atom. The Morgan fingerprint density at radius 2 is 1.72 bits per heavy atom. The first kappa shape index (κ1) is 20.8. The average Bonchev–Trinajstić information content (AvgIpc) is 2.88. The van der Waals surface area contributed by atoms with Crippen LogP contribution < -0.4 is 10.0 Å². The van der Waals surface area contributed by atoms with Gasteiger partial charge >= 0.3 is 0 Å². The largest absolute Gasteiger partial charge is 0.324 e. The molecule has 0 saturated heterocycles. The molecule has 152 valence electrons. The number of hydrogen-bond donors (Lipinski definition) is 2. The highest BCUT2D eigenvalue weighted by atomic mass is 32.2. The Bertz CT molecular complexity index is 1160. The number of sulfonamides is 1. The van der Waals surface area contributed by atoms with Gasteiger partial charge in [-0.2, -0.15) is 0 Å². The second kappa shape index (κ2) is 7.83. The van der Waals surface area contributed by atoms with Crippen molar-refractivity contribution in [3.63, 3.8) is 0 Å². The summed E-state index contributed by atoms with van der Waals surface area (Å²) in [4.78, 5) is 16.7. The van der Waals surface area contributed by atoms with Crippen LogP contribution in [0, 0.1) is 27.7 Å². The zero-order chi connectivity index (χ0) is 21.3. The van der Waals surface area contributed by atoms with Gasteiger partial charge in [0.05, 0.1) is 0 Å². The van der Waals surface area contributed by atoms with E-state index in [2.05, 4.69) is 15.0 Å². The monoisotopic (exact) mass is 411 g/mol. The predicted molar refractivity (Wildman–Crippen MR) is 117 cm³/mol. The van der Waals surface area contributed by atoms with Crippen molar-refractivity contribution < 1.29 is 13.2 Å². The Kier molecular flexibility index (Phi) is 5.61. The zero-order valence-electron chi connectivity index (χ0n) is 17.3. The number of amidine groups is 1. The van der Waals surface area contributed by atoms with Crippen LogP contribution in [0.1, 0.15) is 34.7 Å². The molecule has 0 fully saturated rings. The van der Waals surface area contributed by atoms with Gasteiger partial charge in [-0.15, -0.1) is 0 Å². The number of nitrogens with zero attached hydrogens (tertiary/aromatic N) is 1. The summed E-state index contributed by atoms with van der Waals surface area (Å²) >= 11 is 0. The third-order valence-corrected chi connectivity index (χ3v) is 6.77. The van der Waals surface area contributed by atoms with Gasteiger partial charge in [0.15, 0.2) is 0 Å². The molecule has 1 heterocycles.